The summed E-state index contributed by atoms with van der Waals surface area (Å²) in [5.41, 5.74) is 8.18. The van der Waals surface area contributed by atoms with E-state index in [1.165, 1.54) is 0 Å². The third kappa shape index (κ3) is 3.62. The number of methoxy groups -OCH3 is 1. The van der Waals surface area contributed by atoms with E-state index in [1.807, 2.05) is 18.2 Å². The molecular formula is C15H20N2OS. The van der Waals surface area contributed by atoms with E-state index in [1.54, 1.807) is 18.4 Å². The van der Waals surface area contributed by atoms with Gasteiger partial charge in [0.1, 0.15) is 0 Å². The summed E-state index contributed by atoms with van der Waals surface area (Å²) in [6, 6.07) is 10.2. The maximum absolute atomic E-state index is 6.33. The quantitative estimate of drug-likeness (QED) is 0.882. The lowest BCUT2D eigenvalue weighted by Crippen LogP contribution is -2.45. The summed E-state index contributed by atoms with van der Waals surface area (Å²) in [5.74, 6) is 0. The maximum Gasteiger partial charge on any atom is 0.0951 e. The minimum Gasteiger partial charge on any atom is -0.383 e. The summed E-state index contributed by atoms with van der Waals surface area (Å²) in [7, 11) is 1.69. The summed E-state index contributed by atoms with van der Waals surface area (Å²) in [6.45, 7) is 2.65. The Morgan fingerprint density at radius 3 is 2.68 bits per heavy atom. The molecule has 1 aromatic heterocycles. The van der Waals surface area contributed by atoms with Crippen molar-refractivity contribution < 1.29 is 4.74 Å². The molecule has 0 spiro atoms. The zero-order chi connectivity index (χ0) is 13.7. The molecule has 2 N–H and O–H groups in total. The Balaban J connectivity index is 2.13. The third-order valence-corrected chi connectivity index (χ3v) is 4.11. The summed E-state index contributed by atoms with van der Waals surface area (Å²) < 4.78 is 5.21. The first kappa shape index (κ1) is 14.2. The molecule has 0 bridgehead atoms. The van der Waals surface area contributed by atoms with E-state index in [9.17, 15) is 0 Å². The van der Waals surface area contributed by atoms with Crippen molar-refractivity contribution >= 4 is 11.3 Å². The Labute approximate surface area is 118 Å². The fourth-order valence-electron chi connectivity index (χ4n) is 2.00. The van der Waals surface area contributed by atoms with Crippen LogP contribution in [0.2, 0.25) is 0 Å². The molecule has 1 unspecified atom stereocenters. The molecule has 0 aliphatic heterocycles. The number of nitrogens with two attached hydrogens (primary N) is 1. The second-order valence-corrected chi connectivity index (χ2v) is 5.76. The standard InChI is InChI=1S/C15H20N2OS/c1-3-15(16,11-18-2)9-14-17-13(10-19-14)12-7-5-4-6-8-12/h4-8,10H,3,9,11,16H2,1-2H3. The smallest absolute Gasteiger partial charge is 0.0951 e. The van der Waals surface area contributed by atoms with Crippen LogP contribution in [0.3, 0.4) is 0 Å². The van der Waals surface area contributed by atoms with Crippen LogP contribution in [0.25, 0.3) is 11.3 Å². The lowest BCUT2D eigenvalue weighted by Gasteiger charge is -2.26. The molecule has 0 fully saturated rings. The van der Waals surface area contributed by atoms with Gasteiger partial charge < -0.3 is 10.5 Å². The summed E-state index contributed by atoms with van der Waals surface area (Å²) in [4.78, 5) is 4.68. The molecule has 1 aromatic carbocycles. The minimum absolute atomic E-state index is 0.319. The van der Waals surface area contributed by atoms with Gasteiger partial charge in [0.15, 0.2) is 0 Å². The van der Waals surface area contributed by atoms with E-state index in [0.29, 0.717) is 6.61 Å². The zero-order valence-electron chi connectivity index (χ0n) is 11.4. The summed E-state index contributed by atoms with van der Waals surface area (Å²) >= 11 is 1.67. The van der Waals surface area contributed by atoms with Crippen molar-refractivity contribution in [3.63, 3.8) is 0 Å². The SMILES string of the molecule is CCC(N)(COC)Cc1nc(-c2ccccc2)cs1. The predicted octanol–water partition coefficient (Wildman–Crippen LogP) is 3.11. The van der Waals surface area contributed by atoms with Crippen LogP contribution in [0.4, 0.5) is 0 Å². The van der Waals surface area contributed by atoms with Crippen LogP contribution in [0, 0.1) is 0 Å². The molecule has 4 heteroatoms. The van der Waals surface area contributed by atoms with Gasteiger partial charge >= 0.3 is 0 Å². The van der Waals surface area contributed by atoms with Crippen molar-refractivity contribution in [1.29, 1.82) is 0 Å². The highest BCUT2D eigenvalue weighted by Gasteiger charge is 2.24. The molecule has 2 aromatic rings. The first-order valence-electron chi connectivity index (χ1n) is 6.44. The van der Waals surface area contributed by atoms with Gasteiger partial charge in [-0.05, 0) is 6.42 Å². The first-order valence-corrected chi connectivity index (χ1v) is 7.32. The summed E-state index contributed by atoms with van der Waals surface area (Å²) in [5, 5.41) is 3.16. The van der Waals surface area contributed by atoms with Crippen LogP contribution in [0.15, 0.2) is 35.7 Å². The zero-order valence-corrected chi connectivity index (χ0v) is 12.2. The third-order valence-electron chi connectivity index (χ3n) is 3.26. The van der Waals surface area contributed by atoms with Crippen LogP contribution in [-0.4, -0.2) is 24.2 Å². The van der Waals surface area contributed by atoms with Crippen LogP contribution >= 0.6 is 11.3 Å². The van der Waals surface area contributed by atoms with Crippen LogP contribution < -0.4 is 5.73 Å². The molecule has 0 aliphatic rings. The van der Waals surface area contributed by atoms with E-state index in [-0.39, 0.29) is 5.54 Å². The number of nitrogens with zero attached hydrogens (tertiary/aromatic N) is 1. The van der Waals surface area contributed by atoms with E-state index in [0.717, 1.165) is 29.1 Å². The van der Waals surface area contributed by atoms with Gasteiger partial charge in [0.2, 0.25) is 0 Å². The molecule has 0 amide bonds. The number of hydrogen-bond acceptors (Lipinski definition) is 4. The normalized spacial score (nSPS) is 14.3. The van der Waals surface area contributed by atoms with Crippen molar-refractivity contribution in [3.8, 4) is 11.3 Å². The number of thiazole rings is 1. The highest BCUT2D eigenvalue weighted by atomic mass is 32.1. The lowest BCUT2D eigenvalue weighted by atomic mass is 9.95. The topological polar surface area (TPSA) is 48.1 Å². The molecule has 102 valence electrons. The Morgan fingerprint density at radius 2 is 2.05 bits per heavy atom. The number of ether oxygens (including phenoxy) is 1. The fourth-order valence-corrected chi connectivity index (χ4v) is 2.96. The monoisotopic (exact) mass is 276 g/mol. The molecule has 0 saturated heterocycles. The van der Waals surface area contributed by atoms with E-state index < -0.39 is 0 Å². The average molecular weight is 276 g/mol. The number of benzene rings is 1. The van der Waals surface area contributed by atoms with Gasteiger partial charge in [-0.3, -0.25) is 0 Å². The van der Waals surface area contributed by atoms with Crippen molar-refractivity contribution in [2.24, 2.45) is 5.73 Å². The Kier molecular flexibility index (Phi) is 4.69. The molecule has 2 rings (SSSR count). The van der Waals surface area contributed by atoms with E-state index in [4.69, 9.17) is 10.5 Å². The molecule has 0 aliphatic carbocycles. The van der Waals surface area contributed by atoms with Gasteiger partial charge in [0.05, 0.1) is 17.3 Å². The van der Waals surface area contributed by atoms with Gasteiger partial charge in [-0.15, -0.1) is 11.3 Å². The molecule has 19 heavy (non-hydrogen) atoms. The lowest BCUT2D eigenvalue weighted by molar-refractivity contribution is 0.129. The largest absolute Gasteiger partial charge is 0.383 e. The highest BCUT2D eigenvalue weighted by Crippen LogP contribution is 2.24. The summed E-state index contributed by atoms with van der Waals surface area (Å²) in [6.07, 6.45) is 1.63. The van der Waals surface area contributed by atoms with Gasteiger partial charge in [0.25, 0.3) is 0 Å². The van der Waals surface area contributed by atoms with E-state index in [2.05, 4.69) is 29.4 Å². The fraction of sp³-hybridized carbons (Fsp3) is 0.400. The molecule has 0 radical (unpaired) electrons. The molecule has 0 saturated carbocycles. The average Bonchev–Trinajstić information content (AvgIpc) is 2.88. The number of hydrogen-bond donors (Lipinski definition) is 1. The van der Waals surface area contributed by atoms with Crippen molar-refractivity contribution in [2.45, 2.75) is 25.3 Å². The highest BCUT2D eigenvalue weighted by molar-refractivity contribution is 7.09. The molecule has 1 heterocycles. The molecule has 1 atom stereocenters. The number of aromatic nitrogens is 1. The Morgan fingerprint density at radius 1 is 1.32 bits per heavy atom. The molecular weight excluding hydrogens is 256 g/mol. The minimum atomic E-state index is -0.319. The Bertz CT molecular complexity index is 512. The van der Waals surface area contributed by atoms with Gasteiger partial charge in [0, 0.05) is 30.0 Å². The second-order valence-electron chi connectivity index (χ2n) is 4.82. The first-order chi connectivity index (χ1) is 9.17. The van der Waals surface area contributed by atoms with E-state index >= 15 is 0 Å². The van der Waals surface area contributed by atoms with Gasteiger partial charge in [-0.2, -0.15) is 0 Å². The van der Waals surface area contributed by atoms with Crippen molar-refractivity contribution in [3.05, 3.63) is 40.7 Å². The van der Waals surface area contributed by atoms with Gasteiger partial charge in [-0.25, -0.2) is 4.98 Å². The van der Waals surface area contributed by atoms with Crippen LogP contribution in [0.5, 0.6) is 0 Å². The number of rotatable bonds is 6. The van der Waals surface area contributed by atoms with Crippen LogP contribution in [-0.2, 0) is 11.2 Å². The predicted molar refractivity (Wildman–Crippen MR) is 80.3 cm³/mol. The van der Waals surface area contributed by atoms with Crippen LogP contribution in [0.1, 0.15) is 18.4 Å². The maximum atomic E-state index is 6.33. The van der Waals surface area contributed by atoms with Crippen molar-refractivity contribution in [1.82, 2.24) is 4.98 Å². The van der Waals surface area contributed by atoms with Gasteiger partial charge in [-0.1, -0.05) is 37.3 Å². The Hall–Kier alpha value is -1.23. The molecule has 3 nitrogen and oxygen atoms in total. The second kappa shape index (κ2) is 6.28. The van der Waals surface area contributed by atoms with Crippen molar-refractivity contribution in [2.75, 3.05) is 13.7 Å².